The van der Waals surface area contributed by atoms with E-state index in [4.69, 9.17) is 0 Å². The molecule has 3 heteroatoms. The second-order valence-corrected chi connectivity index (χ2v) is 15.0. The standard InChI is InChI=1S/C42H29OPS/c43-44(34-19-6-2-7-20-34,35-21-8-3-9-22-35)36-23-11-17-32(29-36)31-16-10-18-33(28-31)38-25-13-27-40-39-26-12-24-37(41(39)45-42(38)40)30-14-4-1-5-15-30/h1-29H. The van der Waals surface area contributed by atoms with Crippen molar-refractivity contribution in [2.75, 3.05) is 0 Å². The first-order chi connectivity index (χ1) is 22.2. The van der Waals surface area contributed by atoms with Crippen molar-refractivity contribution < 1.29 is 4.57 Å². The number of fused-ring (bicyclic) bond motifs is 3. The third-order valence-electron chi connectivity index (χ3n) is 8.57. The predicted octanol–water partition coefficient (Wildman–Crippen LogP) is 10.7. The first-order valence-corrected chi connectivity index (χ1v) is 17.6. The second-order valence-electron chi connectivity index (χ2n) is 11.2. The molecule has 0 N–H and O–H groups in total. The summed E-state index contributed by atoms with van der Waals surface area (Å²) in [5.41, 5.74) is 7.06. The van der Waals surface area contributed by atoms with Crippen molar-refractivity contribution in [3.8, 4) is 33.4 Å². The Balaban J connectivity index is 1.25. The van der Waals surface area contributed by atoms with Crippen LogP contribution in [0.2, 0.25) is 0 Å². The molecule has 0 fully saturated rings. The van der Waals surface area contributed by atoms with Crippen LogP contribution >= 0.6 is 18.5 Å². The molecule has 0 atom stereocenters. The Kier molecular flexibility index (Phi) is 7.03. The maximum atomic E-state index is 15.1. The second kappa shape index (κ2) is 11.5. The van der Waals surface area contributed by atoms with Crippen LogP contribution in [0, 0.1) is 0 Å². The van der Waals surface area contributed by atoms with Gasteiger partial charge in [-0.2, -0.15) is 0 Å². The Morgan fingerprint density at radius 1 is 0.356 bits per heavy atom. The van der Waals surface area contributed by atoms with Crippen LogP contribution in [0.5, 0.6) is 0 Å². The Labute approximate surface area is 267 Å². The molecule has 45 heavy (non-hydrogen) atoms. The highest BCUT2D eigenvalue weighted by molar-refractivity contribution is 7.85. The van der Waals surface area contributed by atoms with Gasteiger partial charge in [0.1, 0.15) is 0 Å². The summed E-state index contributed by atoms with van der Waals surface area (Å²) >= 11 is 1.87. The molecule has 0 saturated heterocycles. The van der Waals surface area contributed by atoms with Crippen LogP contribution in [0.25, 0.3) is 53.6 Å². The van der Waals surface area contributed by atoms with Crippen molar-refractivity contribution in [1.82, 2.24) is 0 Å². The molecule has 0 aliphatic carbocycles. The van der Waals surface area contributed by atoms with Crippen LogP contribution < -0.4 is 15.9 Å². The summed E-state index contributed by atoms with van der Waals surface area (Å²) in [4.78, 5) is 0. The minimum atomic E-state index is -3.07. The molecular formula is C42H29OPS. The van der Waals surface area contributed by atoms with E-state index in [0.717, 1.165) is 27.0 Å². The molecule has 214 valence electrons. The fourth-order valence-electron chi connectivity index (χ4n) is 6.36. The van der Waals surface area contributed by atoms with E-state index in [1.807, 2.05) is 84.1 Å². The van der Waals surface area contributed by atoms with Crippen molar-refractivity contribution in [2.24, 2.45) is 0 Å². The molecule has 0 bridgehead atoms. The van der Waals surface area contributed by atoms with Crippen molar-refractivity contribution >= 4 is 54.6 Å². The van der Waals surface area contributed by atoms with Crippen LogP contribution in [-0.2, 0) is 4.57 Å². The first kappa shape index (κ1) is 27.5. The zero-order valence-corrected chi connectivity index (χ0v) is 26.2. The number of rotatable bonds is 6. The van der Waals surface area contributed by atoms with Crippen LogP contribution in [0.15, 0.2) is 176 Å². The van der Waals surface area contributed by atoms with Gasteiger partial charge < -0.3 is 4.57 Å². The Morgan fingerprint density at radius 2 is 0.778 bits per heavy atom. The predicted molar refractivity (Wildman–Crippen MR) is 195 cm³/mol. The summed E-state index contributed by atoms with van der Waals surface area (Å²) in [7, 11) is -3.07. The first-order valence-electron chi connectivity index (χ1n) is 15.1. The highest BCUT2D eigenvalue weighted by atomic mass is 32.1. The molecule has 8 rings (SSSR count). The van der Waals surface area contributed by atoms with E-state index in [2.05, 4.69) is 103 Å². The Morgan fingerprint density at radius 3 is 1.38 bits per heavy atom. The van der Waals surface area contributed by atoms with Gasteiger partial charge in [0.15, 0.2) is 7.14 Å². The van der Waals surface area contributed by atoms with E-state index in [0.29, 0.717) is 0 Å². The lowest BCUT2D eigenvalue weighted by Crippen LogP contribution is -2.25. The lowest BCUT2D eigenvalue weighted by Gasteiger charge is -2.20. The highest BCUT2D eigenvalue weighted by Gasteiger charge is 2.29. The van der Waals surface area contributed by atoms with Gasteiger partial charge >= 0.3 is 0 Å². The fraction of sp³-hybridized carbons (Fsp3) is 0. The number of benzene rings is 7. The van der Waals surface area contributed by atoms with E-state index in [-0.39, 0.29) is 0 Å². The molecule has 0 amide bonds. The summed E-state index contributed by atoms with van der Waals surface area (Å²) in [6.45, 7) is 0. The molecule has 0 aliphatic rings. The van der Waals surface area contributed by atoms with Crippen LogP contribution in [0.3, 0.4) is 0 Å². The Bertz CT molecular complexity index is 2300. The summed E-state index contributed by atoms with van der Waals surface area (Å²) in [5.74, 6) is 0. The molecule has 8 aromatic rings. The van der Waals surface area contributed by atoms with E-state index in [1.54, 1.807) is 0 Å². The summed E-state index contributed by atoms with van der Waals surface area (Å²) in [6.07, 6.45) is 0. The van der Waals surface area contributed by atoms with Gasteiger partial charge in [-0.15, -0.1) is 11.3 Å². The molecule has 0 aliphatic heterocycles. The van der Waals surface area contributed by atoms with E-state index in [1.165, 1.54) is 42.4 Å². The lowest BCUT2D eigenvalue weighted by molar-refractivity contribution is 0.592. The van der Waals surface area contributed by atoms with Crippen molar-refractivity contribution in [2.45, 2.75) is 0 Å². The molecule has 0 saturated carbocycles. The molecule has 0 unspecified atom stereocenters. The number of thiophene rings is 1. The third-order valence-corrected chi connectivity index (χ3v) is 12.9. The van der Waals surface area contributed by atoms with Gasteiger partial charge in [-0.3, -0.25) is 0 Å². The summed E-state index contributed by atoms with van der Waals surface area (Å²) < 4.78 is 17.7. The smallest absolute Gasteiger partial charge is 0.171 e. The van der Waals surface area contributed by atoms with Gasteiger partial charge in [0.05, 0.1) is 0 Å². The zero-order valence-electron chi connectivity index (χ0n) is 24.5. The molecular weight excluding hydrogens is 584 g/mol. The topological polar surface area (TPSA) is 17.1 Å². The van der Waals surface area contributed by atoms with E-state index < -0.39 is 7.14 Å². The van der Waals surface area contributed by atoms with Crippen molar-refractivity contribution in [3.63, 3.8) is 0 Å². The maximum Gasteiger partial charge on any atom is 0.171 e. The zero-order chi connectivity index (χ0) is 30.2. The van der Waals surface area contributed by atoms with Crippen LogP contribution in [-0.4, -0.2) is 0 Å². The van der Waals surface area contributed by atoms with Gasteiger partial charge in [-0.25, -0.2) is 0 Å². The van der Waals surface area contributed by atoms with Gasteiger partial charge in [-0.05, 0) is 45.5 Å². The number of hydrogen-bond donors (Lipinski definition) is 0. The molecule has 1 aromatic heterocycles. The van der Waals surface area contributed by atoms with Gasteiger partial charge in [-0.1, -0.05) is 164 Å². The minimum Gasteiger partial charge on any atom is -0.309 e. The fourth-order valence-corrected chi connectivity index (χ4v) is 10.4. The summed E-state index contributed by atoms with van der Waals surface area (Å²) in [6, 6.07) is 60.7. The SMILES string of the molecule is O=P(c1ccccc1)(c1ccccc1)c1cccc(-c2cccc(-c3cccc4c3sc3c(-c5ccccc5)cccc34)c2)c1. The van der Waals surface area contributed by atoms with Gasteiger partial charge in [0.25, 0.3) is 0 Å². The highest BCUT2D eigenvalue weighted by Crippen LogP contribution is 2.45. The average molecular weight is 613 g/mol. The van der Waals surface area contributed by atoms with Crippen molar-refractivity contribution in [1.29, 1.82) is 0 Å². The minimum absolute atomic E-state index is 0.836. The van der Waals surface area contributed by atoms with E-state index in [9.17, 15) is 0 Å². The Hall–Kier alpha value is -5.01. The third kappa shape index (κ3) is 4.84. The molecule has 1 nitrogen and oxygen atoms in total. The molecule has 0 spiro atoms. The van der Waals surface area contributed by atoms with Gasteiger partial charge in [0, 0.05) is 36.1 Å². The molecule has 1 heterocycles. The van der Waals surface area contributed by atoms with Gasteiger partial charge in [0.2, 0.25) is 0 Å². The normalized spacial score (nSPS) is 11.6. The largest absolute Gasteiger partial charge is 0.309 e. The van der Waals surface area contributed by atoms with E-state index >= 15 is 4.57 Å². The quantitative estimate of drug-likeness (QED) is 0.171. The number of hydrogen-bond acceptors (Lipinski definition) is 2. The molecule has 7 aromatic carbocycles. The lowest BCUT2D eigenvalue weighted by atomic mass is 9.97. The molecule has 0 radical (unpaired) electrons. The van der Waals surface area contributed by atoms with Crippen LogP contribution in [0.4, 0.5) is 0 Å². The van der Waals surface area contributed by atoms with Crippen molar-refractivity contribution in [3.05, 3.63) is 176 Å². The van der Waals surface area contributed by atoms with Crippen LogP contribution in [0.1, 0.15) is 0 Å². The summed E-state index contributed by atoms with van der Waals surface area (Å²) in [5, 5.41) is 5.09. The average Bonchev–Trinajstić information content (AvgIpc) is 3.52. The monoisotopic (exact) mass is 612 g/mol. The maximum absolute atomic E-state index is 15.1.